The molecule has 1 aliphatic rings. The third-order valence-electron chi connectivity index (χ3n) is 5.51. The SMILES string of the molecule is COc1ncc(-c2ccc3ncc(C#N)c(N4C[C@@H](C)N[C@H](C)C4)c3c2)cc1NS(C)(=O)=O. The predicted octanol–water partition coefficient (Wildman–Crippen LogP) is 2.74. The number of benzene rings is 1. The van der Waals surface area contributed by atoms with Crippen molar-refractivity contribution >= 4 is 32.3 Å². The Morgan fingerprint density at radius 3 is 2.52 bits per heavy atom. The number of aromatic nitrogens is 2. The number of nitriles is 1. The first-order chi connectivity index (χ1) is 15.7. The van der Waals surface area contributed by atoms with Gasteiger partial charge in [-0.1, -0.05) is 6.07 Å². The zero-order chi connectivity index (χ0) is 23.8. The highest BCUT2D eigenvalue weighted by Gasteiger charge is 2.25. The molecule has 4 rings (SSSR count). The second-order valence-electron chi connectivity index (χ2n) is 8.39. The first kappa shape index (κ1) is 22.8. The summed E-state index contributed by atoms with van der Waals surface area (Å²) in [6.07, 6.45) is 4.33. The zero-order valence-electron chi connectivity index (χ0n) is 19.0. The number of pyridine rings is 2. The van der Waals surface area contributed by atoms with Crippen LogP contribution in [0.2, 0.25) is 0 Å². The Labute approximate surface area is 193 Å². The molecule has 2 N–H and O–H groups in total. The molecule has 3 aromatic rings. The van der Waals surface area contributed by atoms with E-state index in [1.54, 1.807) is 18.5 Å². The highest BCUT2D eigenvalue weighted by Crippen LogP contribution is 2.35. The number of methoxy groups -OCH3 is 1. The van der Waals surface area contributed by atoms with Crippen LogP contribution in [0, 0.1) is 11.3 Å². The summed E-state index contributed by atoms with van der Waals surface area (Å²) < 4.78 is 31.2. The minimum absolute atomic E-state index is 0.183. The molecule has 1 fully saturated rings. The summed E-state index contributed by atoms with van der Waals surface area (Å²) in [5.74, 6) is 0.183. The van der Waals surface area contributed by atoms with Crippen molar-refractivity contribution in [3.63, 3.8) is 0 Å². The van der Waals surface area contributed by atoms with Crippen LogP contribution in [0.4, 0.5) is 11.4 Å². The molecule has 0 radical (unpaired) electrons. The van der Waals surface area contributed by atoms with Crippen molar-refractivity contribution in [1.82, 2.24) is 15.3 Å². The molecular weight excluding hydrogens is 440 g/mol. The number of hydrogen-bond acceptors (Lipinski definition) is 8. The summed E-state index contributed by atoms with van der Waals surface area (Å²) in [6.45, 7) is 5.80. The highest BCUT2D eigenvalue weighted by molar-refractivity contribution is 7.92. The number of rotatable bonds is 5. The topological polar surface area (TPSA) is 120 Å². The molecule has 0 amide bonds. The molecule has 0 unspecified atom stereocenters. The lowest BCUT2D eigenvalue weighted by Gasteiger charge is -2.38. The molecule has 2 atom stereocenters. The van der Waals surface area contributed by atoms with Gasteiger partial charge in [0.15, 0.2) is 0 Å². The maximum absolute atomic E-state index is 11.8. The van der Waals surface area contributed by atoms with Crippen LogP contribution in [0.5, 0.6) is 5.88 Å². The summed E-state index contributed by atoms with van der Waals surface area (Å²) in [7, 11) is -2.08. The van der Waals surface area contributed by atoms with E-state index in [2.05, 4.69) is 44.8 Å². The third kappa shape index (κ3) is 4.84. The number of anilines is 2. The van der Waals surface area contributed by atoms with Crippen LogP contribution < -0.4 is 19.7 Å². The molecule has 3 heterocycles. The van der Waals surface area contributed by atoms with E-state index in [0.717, 1.165) is 41.5 Å². The van der Waals surface area contributed by atoms with Gasteiger partial charge in [0.2, 0.25) is 15.9 Å². The second-order valence-corrected chi connectivity index (χ2v) is 10.1. The molecule has 9 nitrogen and oxygen atoms in total. The molecule has 33 heavy (non-hydrogen) atoms. The molecular formula is C23H26N6O3S. The minimum atomic E-state index is -3.51. The lowest BCUT2D eigenvalue weighted by atomic mass is 10.0. The van der Waals surface area contributed by atoms with Crippen LogP contribution in [0.1, 0.15) is 19.4 Å². The van der Waals surface area contributed by atoms with Gasteiger partial charge in [-0.15, -0.1) is 0 Å². The monoisotopic (exact) mass is 466 g/mol. The van der Waals surface area contributed by atoms with E-state index in [-0.39, 0.29) is 23.7 Å². The van der Waals surface area contributed by atoms with E-state index in [4.69, 9.17) is 4.74 Å². The number of sulfonamides is 1. The van der Waals surface area contributed by atoms with E-state index in [1.807, 2.05) is 18.2 Å². The fourth-order valence-electron chi connectivity index (χ4n) is 4.34. The standard InChI is InChI=1S/C23H26N6O3S/c1-14-12-29(13-15(2)27-14)22-18(9-24)11-25-20-6-5-16(7-19(20)22)17-8-21(28-33(4,30)31)23(32-3)26-10-17/h5-8,10-11,14-15,27-28H,12-13H2,1-4H3/t14-,15-/m1/s1. The van der Waals surface area contributed by atoms with E-state index in [0.29, 0.717) is 11.1 Å². The summed E-state index contributed by atoms with van der Waals surface area (Å²) in [4.78, 5) is 11.0. The van der Waals surface area contributed by atoms with E-state index < -0.39 is 10.0 Å². The smallest absolute Gasteiger partial charge is 0.238 e. The molecule has 0 bridgehead atoms. The van der Waals surface area contributed by atoms with Crippen molar-refractivity contribution in [1.29, 1.82) is 5.26 Å². The number of ether oxygens (including phenoxy) is 1. The van der Waals surface area contributed by atoms with Crippen molar-refractivity contribution in [2.75, 3.05) is 36.1 Å². The fraction of sp³-hybridized carbons (Fsp3) is 0.348. The van der Waals surface area contributed by atoms with E-state index in [1.165, 1.54) is 7.11 Å². The van der Waals surface area contributed by atoms with Crippen molar-refractivity contribution in [3.8, 4) is 23.1 Å². The van der Waals surface area contributed by atoms with Crippen LogP contribution in [-0.2, 0) is 10.0 Å². The molecule has 2 aromatic heterocycles. The van der Waals surface area contributed by atoms with Crippen molar-refractivity contribution in [2.45, 2.75) is 25.9 Å². The van der Waals surface area contributed by atoms with E-state index in [9.17, 15) is 13.7 Å². The molecule has 10 heteroatoms. The molecule has 0 spiro atoms. The number of fused-ring (bicyclic) bond motifs is 1. The average Bonchev–Trinajstić information content (AvgIpc) is 2.76. The largest absolute Gasteiger partial charge is 0.480 e. The van der Waals surface area contributed by atoms with Crippen LogP contribution >= 0.6 is 0 Å². The van der Waals surface area contributed by atoms with E-state index >= 15 is 0 Å². The molecule has 0 saturated carbocycles. The highest BCUT2D eigenvalue weighted by atomic mass is 32.2. The van der Waals surface area contributed by atoms with Crippen LogP contribution in [0.3, 0.4) is 0 Å². The summed E-state index contributed by atoms with van der Waals surface area (Å²) in [5, 5.41) is 14.2. The van der Waals surface area contributed by atoms with Crippen molar-refractivity contribution in [2.24, 2.45) is 0 Å². The normalized spacial score (nSPS) is 18.7. The maximum atomic E-state index is 11.8. The van der Waals surface area contributed by atoms with Crippen molar-refractivity contribution in [3.05, 3.63) is 42.2 Å². The summed E-state index contributed by atoms with van der Waals surface area (Å²) in [6, 6.07) is 10.3. The van der Waals surface area contributed by atoms with Gasteiger partial charge in [0.05, 0.1) is 30.1 Å². The molecule has 1 saturated heterocycles. The van der Waals surface area contributed by atoms with Gasteiger partial charge in [-0.2, -0.15) is 5.26 Å². The second kappa shape index (κ2) is 8.84. The van der Waals surface area contributed by atoms with Gasteiger partial charge >= 0.3 is 0 Å². The Hall–Kier alpha value is -3.42. The number of piperazine rings is 1. The maximum Gasteiger partial charge on any atom is 0.238 e. The molecule has 172 valence electrons. The summed E-state index contributed by atoms with van der Waals surface area (Å²) in [5.41, 5.74) is 3.95. The molecule has 1 aromatic carbocycles. The Morgan fingerprint density at radius 1 is 1.15 bits per heavy atom. The molecule has 0 aliphatic carbocycles. The van der Waals surface area contributed by atoms with Gasteiger partial charge in [-0.05, 0) is 37.6 Å². The van der Waals surface area contributed by atoms with Gasteiger partial charge in [0, 0.05) is 48.5 Å². The van der Waals surface area contributed by atoms with Crippen LogP contribution in [0.15, 0.2) is 36.7 Å². The fourth-order valence-corrected chi connectivity index (χ4v) is 4.88. The number of nitrogens with zero attached hydrogens (tertiary/aromatic N) is 4. The predicted molar refractivity (Wildman–Crippen MR) is 129 cm³/mol. The van der Waals surface area contributed by atoms with Crippen LogP contribution in [-0.4, -0.2) is 56.9 Å². The number of hydrogen-bond donors (Lipinski definition) is 2. The summed E-state index contributed by atoms with van der Waals surface area (Å²) >= 11 is 0. The van der Waals surface area contributed by atoms with Gasteiger partial charge in [0.25, 0.3) is 0 Å². The average molecular weight is 467 g/mol. The van der Waals surface area contributed by atoms with Gasteiger partial charge < -0.3 is 15.0 Å². The zero-order valence-corrected chi connectivity index (χ0v) is 19.8. The Balaban J connectivity index is 1.86. The lowest BCUT2D eigenvalue weighted by Crippen LogP contribution is -2.54. The van der Waals surface area contributed by atoms with Crippen LogP contribution in [0.25, 0.3) is 22.0 Å². The minimum Gasteiger partial charge on any atom is -0.480 e. The van der Waals surface area contributed by atoms with Gasteiger partial charge in [-0.3, -0.25) is 9.71 Å². The molecule has 1 aliphatic heterocycles. The van der Waals surface area contributed by atoms with Gasteiger partial charge in [-0.25, -0.2) is 13.4 Å². The Bertz CT molecular complexity index is 1340. The first-order valence-electron chi connectivity index (χ1n) is 10.5. The van der Waals surface area contributed by atoms with Crippen molar-refractivity contribution < 1.29 is 13.2 Å². The Kier molecular flexibility index (Phi) is 6.10. The quantitative estimate of drug-likeness (QED) is 0.589. The van der Waals surface area contributed by atoms with Gasteiger partial charge in [0.1, 0.15) is 11.8 Å². The lowest BCUT2D eigenvalue weighted by molar-refractivity contribution is 0.400. The first-order valence-corrected chi connectivity index (χ1v) is 12.4. The third-order valence-corrected chi connectivity index (χ3v) is 6.10. The Morgan fingerprint density at radius 2 is 1.88 bits per heavy atom. The number of nitrogens with one attached hydrogen (secondary N) is 2.